The van der Waals surface area contributed by atoms with Gasteiger partial charge in [0.15, 0.2) is 0 Å². The van der Waals surface area contributed by atoms with Gasteiger partial charge < -0.3 is 15.0 Å². The lowest BCUT2D eigenvalue weighted by Gasteiger charge is -2.39. The van der Waals surface area contributed by atoms with Crippen LogP contribution in [0.3, 0.4) is 0 Å². The average Bonchev–Trinajstić information content (AvgIpc) is 2.66. The Morgan fingerprint density at radius 3 is 2.59 bits per heavy atom. The van der Waals surface area contributed by atoms with Gasteiger partial charge in [-0.2, -0.15) is 10.5 Å². The van der Waals surface area contributed by atoms with Crippen LogP contribution in [0, 0.1) is 45.7 Å². The molecule has 0 saturated heterocycles. The molecule has 1 aromatic carbocycles. The minimum absolute atomic E-state index is 0.0187. The smallest absolute Gasteiger partial charge is 0.410 e. The maximum absolute atomic E-state index is 14.6. The first kappa shape index (κ1) is 20.3. The molecule has 0 bridgehead atoms. The number of benzene rings is 1. The number of halogens is 1. The van der Waals surface area contributed by atoms with E-state index in [1.165, 1.54) is 11.0 Å². The quantitative estimate of drug-likeness (QED) is 0.728. The van der Waals surface area contributed by atoms with Crippen molar-refractivity contribution in [1.82, 2.24) is 4.90 Å². The maximum atomic E-state index is 14.6. The van der Waals surface area contributed by atoms with Crippen LogP contribution in [0.1, 0.15) is 26.3 Å². The number of nitrogens with one attached hydrogen (secondary N) is 1. The number of carbonyl (C=O) groups is 1. The van der Waals surface area contributed by atoms with E-state index in [0.717, 1.165) is 0 Å². The minimum atomic E-state index is -0.897. The van der Waals surface area contributed by atoms with E-state index < -0.39 is 29.3 Å². The Bertz CT molecular complexity index is 1020. The van der Waals surface area contributed by atoms with Crippen LogP contribution in [0.4, 0.5) is 9.18 Å². The van der Waals surface area contributed by atoms with Crippen molar-refractivity contribution in [2.45, 2.75) is 26.4 Å². The van der Waals surface area contributed by atoms with E-state index in [9.17, 15) is 19.7 Å². The van der Waals surface area contributed by atoms with E-state index in [1.807, 2.05) is 6.07 Å². The summed E-state index contributed by atoms with van der Waals surface area (Å²) in [5.74, 6) is -1.99. The van der Waals surface area contributed by atoms with Crippen molar-refractivity contribution in [1.29, 1.82) is 15.9 Å². The third-order valence-electron chi connectivity index (χ3n) is 4.92. The van der Waals surface area contributed by atoms with Crippen LogP contribution in [-0.4, -0.2) is 35.4 Å². The number of hydrogen-bond donors (Lipinski definition) is 1. The summed E-state index contributed by atoms with van der Waals surface area (Å²) in [6, 6.07) is 10.1. The molecule has 1 N–H and O–H groups in total. The number of allylic oxidation sites excluding steroid dienone is 1. The molecular weight excluding hydrogens is 371 g/mol. The highest BCUT2D eigenvalue weighted by molar-refractivity contribution is 6.14. The number of ether oxygens (including phenoxy) is 1. The largest absolute Gasteiger partial charge is 0.444 e. The second-order valence-electron chi connectivity index (χ2n) is 8.00. The summed E-state index contributed by atoms with van der Waals surface area (Å²) in [4.78, 5) is 14.0. The normalized spacial score (nSPS) is 21.7. The zero-order chi connectivity index (χ0) is 21.3. The fraction of sp³-hybridized carbons (Fsp3) is 0.364. The van der Waals surface area contributed by atoms with E-state index in [0.29, 0.717) is 11.1 Å². The number of carbonyl (C=O) groups excluding carboxylic acids is 1. The summed E-state index contributed by atoms with van der Waals surface area (Å²) in [5.41, 5.74) is 0.326. The highest BCUT2D eigenvalue weighted by Gasteiger charge is 2.42. The molecule has 7 heteroatoms. The number of rotatable bonds is 1. The van der Waals surface area contributed by atoms with Crippen LogP contribution in [0.5, 0.6) is 0 Å². The lowest BCUT2D eigenvalue weighted by atomic mass is 9.69. The molecule has 1 heterocycles. The number of fused-ring (bicyclic) bond motifs is 1. The van der Waals surface area contributed by atoms with E-state index in [2.05, 4.69) is 6.07 Å². The molecule has 148 valence electrons. The van der Waals surface area contributed by atoms with Crippen molar-refractivity contribution < 1.29 is 13.9 Å². The molecule has 29 heavy (non-hydrogen) atoms. The Kier molecular flexibility index (Phi) is 5.26. The van der Waals surface area contributed by atoms with Gasteiger partial charge in [-0.25, -0.2) is 9.18 Å². The highest BCUT2D eigenvalue weighted by Crippen LogP contribution is 2.44. The van der Waals surface area contributed by atoms with Crippen LogP contribution >= 0.6 is 0 Å². The monoisotopic (exact) mass is 392 g/mol. The Morgan fingerprint density at radius 2 is 2.00 bits per heavy atom. The maximum Gasteiger partial charge on any atom is 0.410 e. The summed E-state index contributed by atoms with van der Waals surface area (Å²) < 4.78 is 20.1. The molecule has 1 unspecified atom stereocenters. The standard InChI is InChI=1S/C22H21FN4O2/c1-22(2,3)29-21(28)27-9-8-13-15(10-24)20(26)16(11-25)19(17(13)12-27)14-6-4-5-7-18(14)23/h4-8,15,17,26H,9,12H2,1-3H3/t15?,17-/m1/s1. The number of nitrogens with zero attached hydrogens (tertiary/aromatic N) is 3. The molecule has 0 aromatic heterocycles. The number of amides is 1. The second kappa shape index (κ2) is 7.52. The Labute approximate surface area is 169 Å². The highest BCUT2D eigenvalue weighted by atomic mass is 19.1. The Hall–Kier alpha value is -3.45. The first-order valence-corrected chi connectivity index (χ1v) is 9.23. The molecule has 6 nitrogen and oxygen atoms in total. The van der Waals surface area contributed by atoms with Gasteiger partial charge in [0.05, 0.1) is 17.4 Å². The third-order valence-corrected chi connectivity index (χ3v) is 4.92. The fourth-order valence-electron chi connectivity index (χ4n) is 3.70. The molecule has 0 fully saturated rings. The van der Waals surface area contributed by atoms with Gasteiger partial charge in [-0.3, -0.25) is 0 Å². The van der Waals surface area contributed by atoms with Gasteiger partial charge in [0.25, 0.3) is 0 Å². The van der Waals surface area contributed by atoms with Gasteiger partial charge in [0.2, 0.25) is 0 Å². The molecule has 1 aliphatic carbocycles. The van der Waals surface area contributed by atoms with Crippen LogP contribution in [0.15, 0.2) is 41.5 Å². The van der Waals surface area contributed by atoms with Gasteiger partial charge in [-0.1, -0.05) is 24.3 Å². The van der Waals surface area contributed by atoms with E-state index in [-0.39, 0.29) is 29.9 Å². The first-order valence-electron chi connectivity index (χ1n) is 9.23. The molecule has 1 amide bonds. The van der Waals surface area contributed by atoms with Crippen molar-refractivity contribution in [3.63, 3.8) is 0 Å². The minimum Gasteiger partial charge on any atom is -0.444 e. The molecule has 0 spiro atoms. The lowest BCUT2D eigenvalue weighted by Crippen LogP contribution is -2.45. The van der Waals surface area contributed by atoms with E-state index >= 15 is 0 Å². The van der Waals surface area contributed by atoms with Crippen LogP contribution < -0.4 is 0 Å². The summed E-state index contributed by atoms with van der Waals surface area (Å²) in [5, 5.41) is 27.7. The van der Waals surface area contributed by atoms with Crippen molar-refractivity contribution >= 4 is 17.4 Å². The predicted molar refractivity (Wildman–Crippen MR) is 105 cm³/mol. The summed E-state index contributed by atoms with van der Waals surface area (Å²) in [6.07, 6.45) is 1.20. The second-order valence-corrected chi connectivity index (χ2v) is 8.00. The number of nitriles is 2. The van der Waals surface area contributed by atoms with Gasteiger partial charge >= 0.3 is 6.09 Å². The third kappa shape index (κ3) is 3.77. The van der Waals surface area contributed by atoms with Crippen molar-refractivity contribution in [2.75, 3.05) is 13.1 Å². The molecule has 2 atom stereocenters. The molecule has 2 aliphatic rings. The topological polar surface area (TPSA) is 101 Å². The van der Waals surface area contributed by atoms with E-state index in [1.54, 1.807) is 45.0 Å². The van der Waals surface area contributed by atoms with Crippen molar-refractivity contribution in [3.05, 3.63) is 52.9 Å². The zero-order valence-corrected chi connectivity index (χ0v) is 16.5. The summed E-state index contributed by atoms with van der Waals surface area (Å²) >= 11 is 0. The Morgan fingerprint density at radius 1 is 1.31 bits per heavy atom. The lowest BCUT2D eigenvalue weighted by molar-refractivity contribution is 0.0251. The molecule has 0 radical (unpaired) electrons. The number of hydrogen-bond acceptors (Lipinski definition) is 5. The van der Waals surface area contributed by atoms with Crippen LogP contribution in [-0.2, 0) is 4.74 Å². The molecular formula is C22H21FN4O2. The van der Waals surface area contributed by atoms with Crippen LogP contribution in [0.25, 0.3) is 5.57 Å². The molecule has 3 rings (SSSR count). The van der Waals surface area contributed by atoms with Crippen LogP contribution in [0.2, 0.25) is 0 Å². The van der Waals surface area contributed by atoms with E-state index in [4.69, 9.17) is 10.1 Å². The summed E-state index contributed by atoms with van der Waals surface area (Å²) in [6.45, 7) is 5.66. The van der Waals surface area contributed by atoms with Gasteiger partial charge in [0.1, 0.15) is 23.4 Å². The first-order chi connectivity index (χ1) is 13.7. The Balaban J connectivity index is 2.12. The molecule has 0 saturated carbocycles. The average molecular weight is 392 g/mol. The zero-order valence-electron chi connectivity index (χ0n) is 16.5. The van der Waals surface area contributed by atoms with Crippen molar-refractivity contribution in [3.8, 4) is 12.1 Å². The molecule has 1 aromatic rings. The van der Waals surface area contributed by atoms with Gasteiger partial charge in [0, 0.05) is 24.6 Å². The van der Waals surface area contributed by atoms with Gasteiger partial charge in [-0.05, 0) is 38.0 Å². The van der Waals surface area contributed by atoms with Gasteiger partial charge in [-0.15, -0.1) is 0 Å². The van der Waals surface area contributed by atoms with Crippen molar-refractivity contribution in [2.24, 2.45) is 11.8 Å². The predicted octanol–water partition coefficient (Wildman–Crippen LogP) is 4.07. The summed E-state index contributed by atoms with van der Waals surface area (Å²) in [7, 11) is 0. The fourth-order valence-corrected chi connectivity index (χ4v) is 3.70. The SMILES string of the molecule is CC(C)(C)OC(=O)N1CC=C2C(C#N)C(=N)C(C#N)=C(c3ccccc3F)[C@@H]2C1. The molecule has 1 aliphatic heterocycles.